The highest BCUT2D eigenvalue weighted by atomic mass is 32.1. The average Bonchev–Trinajstić information content (AvgIpc) is 3.16. The Morgan fingerprint density at radius 1 is 0.960 bits per heavy atom. The first-order chi connectivity index (χ1) is 12.0. The van der Waals surface area contributed by atoms with Crippen LogP contribution < -0.4 is 10.6 Å². The summed E-state index contributed by atoms with van der Waals surface area (Å²) >= 11 is 5.54. The fourth-order valence-corrected chi connectivity index (χ4v) is 8.16. The first kappa shape index (κ1) is 16.5. The molecule has 6 aliphatic carbocycles. The molecule has 6 saturated carbocycles. The molecule has 6 rings (SSSR count). The van der Waals surface area contributed by atoms with Gasteiger partial charge in [0.25, 0.3) is 0 Å². The van der Waals surface area contributed by atoms with Crippen LogP contribution in [0, 0.1) is 40.9 Å². The Labute approximate surface area is 157 Å². The Morgan fingerprint density at radius 3 is 2.12 bits per heavy atom. The van der Waals surface area contributed by atoms with Crippen LogP contribution in [-0.2, 0) is 4.79 Å². The Balaban J connectivity index is 1.19. The molecule has 4 atom stereocenters. The summed E-state index contributed by atoms with van der Waals surface area (Å²) in [4.78, 5) is 13.1. The van der Waals surface area contributed by atoms with Crippen LogP contribution in [0.15, 0.2) is 0 Å². The largest absolute Gasteiger partial charge is 0.360 e. The van der Waals surface area contributed by atoms with Gasteiger partial charge in [0.05, 0.1) is 5.41 Å². The number of nitrogens with one attached hydrogen (secondary N) is 2. The van der Waals surface area contributed by atoms with Gasteiger partial charge in [-0.3, -0.25) is 4.79 Å². The van der Waals surface area contributed by atoms with Gasteiger partial charge in [-0.2, -0.15) is 0 Å². The molecule has 6 bridgehead atoms. The lowest BCUT2D eigenvalue weighted by Gasteiger charge is -2.55. The first-order valence-electron chi connectivity index (χ1n) is 10.6. The topological polar surface area (TPSA) is 41.1 Å². The number of hydrogen-bond acceptors (Lipinski definition) is 2. The minimum Gasteiger partial charge on any atom is -0.360 e. The third kappa shape index (κ3) is 2.83. The maximum Gasteiger partial charge on any atom is 0.232 e. The lowest BCUT2D eigenvalue weighted by atomic mass is 9.49. The van der Waals surface area contributed by atoms with Gasteiger partial charge in [-0.25, -0.2) is 0 Å². The Kier molecular flexibility index (Phi) is 3.92. The van der Waals surface area contributed by atoms with Crippen LogP contribution in [0.4, 0.5) is 0 Å². The van der Waals surface area contributed by atoms with Crippen LogP contribution in [0.3, 0.4) is 0 Å². The average molecular weight is 361 g/mol. The normalized spacial score (nSPS) is 47.7. The molecule has 2 N–H and O–H groups in total. The summed E-state index contributed by atoms with van der Waals surface area (Å²) in [6, 6.07) is 0.388. The third-order valence-corrected chi connectivity index (χ3v) is 8.76. The Morgan fingerprint density at radius 2 is 1.60 bits per heavy atom. The van der Waals surface area contributed by atoms with E-state index < -0.39 is 0 Å². The highest BCUT2D eigenvalue weighted by Gasteiger charge is 2.54. The molecule has 0 aliphatic heterocycles. The molecule has 0 aromatic rings. The lowest BCUT2D eigenvalue weighted by molar-refractivity contribution is -0.144. The number of rotatable bonds is 3. The van der Waals surface area contributed by atoms with Crippen molar-refractivity contribution in [3.63, 3.8) is 0 Å². The van der Waals surface area contributed by atoms with E-state index in [0.29, 0.717) is 11.2 Å². The van der Waals surface area contributed by atoms with E-state index >= 15 is 0 Å². The molecular formula is C21H32N2OS. The van der Waals surface area contributed by atoms with Gasteiger partial charge in [0.1, 0.15) is 0 Å². The molecule has 0 aromatic carbocycles. The quantitative estimate of drug-likeness (QED) is 0.747. The van der Waals surface area contributed by atoms with Crippen LogP contribution >= 0.6 is 12.2 Å². The molecule has 138 valence electrons. The molecule has 0 saturated heterocycles. The van der Waals surface area contributed by atoms with Gasteiger partial charge in [0, 0.05) is 6.04 Å². The Hall–Kier alpha value is -0.640. The van der Waals surface area contributed by atoms with E-state index in [-0.39, 0.29) is 11.3 Å². The van der Waals surface area contributed by atoms with E-state index in [9.17, 15) is 4.79 Å². The second-order valence-electron chi connectivity index (χ2n) is 10.3. The molecule has 0 heterocycles. The first-order valence-corrected chi connectivity index (χ1v) is 11.0. The molecular weight excluding hydrogens is 328 g/mol. The van der Waals surface area contributed by atoms with Gasteiger partial charge >= 0.3 is 0 Å². The summed E-state index contributed by atoms with van der Waals surface area (Å²) in [5.41, 5.74) is -0.101. The van der Waals surface area contributed by atoms with Crippen molar-refractivity contribution in [2.75, 3.05) is 0 Å². The third-order valence-electron chi connectivity index (χ3n) is 8.54. The molecule has 0 aromatic heterocycles. The number of thiocarbonyl (C=S) groups is 1. The molecule has 6 aliphatic rings. The van der Waals surface area contributed by atoms with E-state index in [0.717, 1.165) is 54.8 Å². The van der Waals surface area contributed by atoms with E-state index in [1.807, 2.05) is 0 Å². The van der Waals surface area contributed by atoms with E-state index in [2.05, 4.69) is 17.6 Å². The SMILES string of the molecule is C[C@@H](NC(=S)NC(=O)C12CC3CC(CC(C3)C1)C2)[C@@H]1C[C@H]2CC[C@H]1C2. The van der Waals surface area contributed by atoms with Gasteiger partial charge in [-0.1, -0.05) is 6.42 Å². The van der Waals surface area contributed by atoms with Gasteiger partial charge in [0.2, 0.25) is 5.91 Å². The van der Waals surface area contributed by atoms with Gasteiger partial charge < -0.3 is 10.6 Å². The zero-order valence-electron chi connectivity index (χ0n) is 15.4. The second kappa shape index (κ2) is 5.94. The van der Waals surface area contributed by atoms with Crippen LogP contribution in [-0.4, -0.2) is 17.1 Å². The van der Waals surface area contributed by atoms with E-state index in [1.165, 1.54) is 44.9 Å². The highest BCUT2D eigenvalue weighted by Crippen LogP contribution is 2.60. The van der Waals surface area contributed by atoms with Crippen molar-refractivity contribution >= 4 is 23.2 Å². The predicted octanol–water partition coefficient (Wildman–Crippen LogP) is 4.02. The zero-order chi connectivity index (χ0) is 17.2. The summed E-state index contributed by atoms with van der Waals surface area (Å²) in [5, 5.41) is 7.17. The molecule has 1 amide bonds. The predicted molar refractivity (Wildman–Crippen MR) is 103 cm³/mol. The van der Waals surface area contributed by atoms with Crippen molar-refractivity contribution in [2.24, 2.45) is 40.9 Å². The highest BCUT2D eigenvalue weighted by molar-refractivity contribution is 7.80. The molecule has 25 heavy (non-hydrogen) atoms. The number of carbonyl (C=O) groups excluding carboxylic acids is 1. The lowest BCUT2D eigenvalue weighted by Crippen LogP contribution is -2.56. The van der Waals surface area contributed by atoms with Crippen molar-refractivity contribution in [2.45, 2.75) is 77.2 Å². The van der Waals surface area contributed by atoms with Crippen LogP contribution in [0.2, 0.25) is 0 Å². The molecule has 3 nitrogen and oxygen atoms in total. The van der Waals surface area contributed by atoms with Crippen LogP contribution in [0.5, 0.6) is 0 Å². The standard InChI is InChI=1S/C21H32N2OS/c1-12(18-8-13-2-3-17(18)7-13)22-20(25)23-19(24)21-9-14-4-15(10-21)6-16(5-14)11-21/h12-18H,2-11H2,1H3,(H2,22,23,24,25)/t12-,13+,14?,15?,16?,17+,18+,21?/m1/s1. The van der Waals surface area contributed by atoms with Crippen molar-refractivity contribution in [3.8, 4) is 0 Å². The number of fused-ring (bicyclic) bond motifs is 2. The van der Waals surface area contributed by atoms with Crippen molar-refractivity contribution in [1.82, 2.24) is 10.6 Å². The fourth-order valence-electron chi connectivity index (χ4n) is 7.88. The molecule has 0 unspecified atom stereocenters. The summed E-state index contributed by atoms with van der Waals surface area (Å²) in [7, 11) is 0. The summed E-state index contributed by atoms with van der Waals surface area (Å²) in [6.07, 6.45) is 13.0. The minimum atomic E-state index is -0.101. The van der Waals surface area contributed by atoms with Crippen molar-refractivity contribution in [3.05, 3.63) is 0 Å². The van der Waals surface area contributed by atoms with Crippen LogP contribution in [0.25, 0.3) is 0 Å². The van der Waals surface area contributed by atoms with Crippen molar-refractivity contribution < 1.29 is 4.79 Å². The van der Waals surface area contributed by atoms with Crippen molar-refractivity contribution in [1.29, 1.82) is 0 Å². The van der Waals surface area contributed by atoms with Crippen LogP contribution in [0.1, 0.15) is 71.1 Å². The summed E-state index contributed by atoms with van der Waals surface area (Å²) in [6.45, 7) is 2.26. The number of carbonyl (C=O) groups is 1. The van der Waals surface area contributed by atoms with Gasteiger partial charge in [0.15, 0.2) is 5.11 Å². The number of hydrogen-bond donors (Lipinski definition) is 2. The maximum atomic E-state index is 13.1. The smallest absolute Gasteiger partial charge is 0.232 e. The molecule has 0 radical (unpaired) electrons. The van der Waals surface area contributed by atoms with E-state index in [1.54, 1.807) is 0 Å². The number of amides is 1. The molecule has 0 spiro atoms. The summed E-state index contributed by atoms with van der Waals surface area (Å²) in [5.74, 6) is 5.20. The van der Waals surface area contributed by atoms with Gasteiger partial charge in [-0.05, 0) is 112 Å². The minimum absolute atomic E-state index is 0.101. The fraction of sp³-hybridized carbons (Fsp3) is 0.905. The second-order valence-corrected chi connectivity index (χ2v) is 10.7. The van der Waals surface area contributed by atoms with Gasteiger partial charge in [-0.15, -0.1) is 0 Å². The monoisotopic (exact) mass is 360 g/mol. The maximum absolute atomic E-state index is 13.1. The zero-order valence-corrected chi connectivity index (χ0v) is 16.2. The molecule has 4 heteroatoms. The van der Waals surface area contributed by atoms with E-state index in [4.69, 9.17) is 12.2 Å². The Bertz CT molecular complexity index is 553. The molecule has 6 fully saturated rings. The summed E-state index contributed by atoms with van der Waals surface area (Å²) < 4.78 is 0.